The molecule has 55 heavy (non-hydrogen) atoms. The van der Waals surface area contributed by atoms with Crippen LogP contribution in [0.5, 0.6) is 0 Å². The number of pyridine rings is 1. The van der Waals surface area contributed by atoms with Gasteiger partial charge in [-0.2, -0.15) is 0 Å². The summed E-state index contributed by atoms with van der Waals surface area (Å²) in [4.78, 5) is 35.5. The number of nitrogens with zero attached hydrogens (tertiary/aromatic N) is 4. The van der Waals surface area contributed by atoms with Crippen LogP contribution in [0.25, 0.3) is 23.2 Å². The maximum Gasteiger partial charge on any atom is 0.270 e. The van der Waals surface area contributed by atoms with Crippen LogP contribution < -0.4 is 5.73 Å². The lowest BCUT2D eigenvalue weighted by Gasteiger charge is -2.27. The highest BCUT2D eigenvalue weighted by Gasteiger charge is 2.38. The third-order valence-corrected chi connectivity index (χ3v) is 8.02. The van der Waals surface area contributed by atoms with E-state index in [1.807, 2.05) is 94.5 Å². The third kappa shape index (κ3) is 17.9. The van der Waals surface area contributed by atoms with Crippen LogP contribution in [0.15, 0.2) is 55.3 Å². The molecule has 1 unspecified atom stereocenters. The van der Waals surface area contributed by atoms with Crippen molar-refractivity contribution >= 4 is 23.6 Å². The molecule has 1 aromatic carbocycles. The number of hydrogen-bond donors (Lipinski definition) is 1. The van der Waals surface area contributed by atoms with Gasteiger partial charge in [0.1, 0.15) is 5.82 Å². The van der Waals surface area contributed by atoms with E-state index >= 15 is 0 Å². The van der Waals surface area contributed by atoms with Crippen molar-refractivity contribution in [3.8, 4) is 11.3 Å². The zero-order chi connectivity index (χ0) is 42.5. The Kier molecular flexibility index (Phi) is 23.2. The van der Waals surface area contributed by atoms with Gasteiger partial charge in [-0.1, -0.05) is 120 Å². The van der Waals surface area contributed by atoms with Crippen molar-refractivity contribution in [1.29, 1.82) is 0 Å². The maximum absolute atomic E-state index is 12.8. The molecule has 0 radical (unpaired) electrons. The van der Waals surface area contributed by atoms with Gasteiger partial charge in [0.05, 0.1) is 17.1 Å². The number of carbonyl (C=O) groups is 2. The highest BCUT2D eigenvalue weighted by Crippen LogP contribution is 2.44. The summed E-state index contributed by atoms with van der Waals surface area (Å²) in [7, 11) is 0. The predicted molar refractivity (Wildman–Crippen MR) is 230 cm³/mol. The number of aromatic nitrogens is 3. The van der Waals surface area contributed by atoms with Gasteiger partial charge in [0.25, 0.3) is 5.92 Å². The summed E-state index contributed by atoms with van der Waals surface area (Å²) in [5.41, 5.74) is 11.0. The number of aryl methyl sites for hydroxylation is 1. The molecular formula is C46H73F2N5O2. The van der Waals surface area contributed by atoms with E-state index < -0.39 is 5.92 Å². The van der Waals surface area contributed by atoms with E-state index in [1.54, 1.807) is 6.92 Å². The van der Waals surface area contributed by atoms with Gasteiger partial charge >= 0.3 is 0 Å². The molecule has 1 aliphatic carbocycles. The number of halogens is 2. The van der Waals surface area contributed by atoms with Gasteiger partial charge in [0, 0.05) is 67.1 Å². The molecular weight excluding hydrogens is 693 g/mol. The number of allylic oxidation sites excluding steroid dienone is 1. The van der Waals surface area contributed by atoms with E-state index in [1.165, 1.54) is 18.3 Å². The van der Waals surface area contributed by atoms with Gasteiger partial charge in [0.2, 0.25) is 5.91 Å². The summed E-state index contributed by atoms with van der Waals surface area (Å²) in [6.45, 7) is 32.6. The van der Waals surface area contributed by atoms with Crippen molar-refractivity contribution < 1.29 is 18.4 Å². The lowest BCUT2D eigenvalue weighted by atomic mass is 10.0. The number of ketones is 1. The Morgan fingerprint density at radius 2 is 1.56 bits per heavy atom. The number of Topliss-reactive ketones (excluding diaryl/α,β-unsaturated/α-hetero) is 1. The van der Waals surface area contributed by atoms with Crippen LogP contribution >= 0.6 is 0 Å². The van der Waals surface area contributed by atoms with E-state index in [9.17, 15) is 18.4 Å². The van der Waals surface area contributed by atoms with Crippen LogP contribution in [0.3, 0.4) is 0 Å². The quantitative estimate of drug-likeness (QED) is 0.165. The Labute approximate surface area is 332 Å². The molecule has 2 aromatic heterocycles. The van der Waals surface area contributed by atoms with E-state index in [2.05, 4.69) is 46.2 Å². The molecule has 1 amide bonds. The number of benzene rings is 1. The van der Waals surface area contributed by atoms with Crippen LogP contribution in [-0.2, 0) is 17.1 Å². The van der Waals surface area contributed by atoms with Gasteiger partial charge < -0.3 is 15.2 Å². The topological polar surface area (TPSA) is 94.1 Å². The number of hydrogen-bond acceptors (Lipinski definition) is 5. The summed E-state index contributed by atoms with van der Waals surface area (Å²) in [6.07, 6.45) is 10.7. The van der Waals surface area contributed by atoms with Crippen LogP contribution in [-0.4, -0.2) is 44.2 Å². The fourth-order valence-corrected chi connectivity index (χ4v) is 5.52. The van der Waals surface area contributed by atoms with Gasteiger partial charge in [-0.05, 0) is 63.0 Å². The van der Waals surface area contributed by atoms with Crippen molar-refractivity contribution in [3.63, 3.8) is 0 Å². The minimum Gasteiger partial charge on any atom is -0.397 e. The molecule has 308 valence electrons. The second-order valence-electron chi connectivity index (χ2n) is 15.0. The SMILES string of the molecule is C=C(N)c1c(-c2ccc(C(C)=O)cc2)nc(C(CN(CCC)C(=O)CC)C2CC2)n1/C=C\C.CC.CC.CC(C)(C)C.CCCc1cc(C(C)(F)F)ccn1. The summed E-state index contributed by atoms with van der Waals surface area (Å²) < 4.78 is 27.7. The lowest BCUT2D eigenvalue weighted by molar-refractivity contribution is -0.131. The standard InChI is InChI=1S/C27H36N4O2.C10H13F2N.C5H12.2C2H6/c1-6-15-30(24(33)8-3)17-23(21-11-12-21)27-29-25(26(18(4)28)31(27)16-7-2)22-13-9-20(10-14-22)19(5)32;1-3-4-9-7-8(5-6-13-9)10(2,11)12;1-5(2,3)4;2*1-2/h7,9-10,13-14,16,21,23H,4,6,8,11-12,15,17,28H2,1-3,5H3;5-7H,3-4H2,1-2H3;1-4H3;2*1-2H3/b16-7-;;;;. The smallest absolute Gasteiger partial charge is 0.270 e. The second-order valence-corrected chi connectivity index (χ2v) is 15.0. The van der Waals surface area contributed by atoms with Gasteiger partial charge in [-0.15, -0.1) is 0 Å². The summed E-state index contributed by atoms with van der Waals surface area (Å²) in [5.74, 6) is -1.04. The minimum atomic E-state index is -2.76. The Hall–Kier alpha value is -4.14. The van der Waals surface area contributed by atoms with Crippen molar-refractivity contribution in [3.05, 3.63) is 83.6 Å². The summed E-state index contributed by atoms with van der Waals surface area (Å²) in [6, 6.07) is 10.3. The first-order valence-corrected chi connectivity index (χ1v) is 20.3. The van der Waals surface area contributed by atoms with Crippen molar-refractivity contribution in [2.75, 3.05) is 13.1 Å². The molecule has 0 spiro atoms. The number of rotatable bonds is 14. The normalized spacial score (nSPS) is 12.7. The Morgan fingerprint density at radius 1 is 1.00 bits per heavy atom. The number of nitrogens with two attached hydrogens (primary N) is 1. The van der Waals surface area contributed by atoms with Crippen LogP contribution in [0.2, 0.25) is 0 Å². The third-order valence-electron chi connectivity index (χ3n) is 8.02. The molecule has 2 N–H and O–H groups in total. The van der Waals surface area contributed by atoms with Crippen molar-refractivity contribution in [1.82, 2.24) is 19.4 Å². The molecule has 9 heteroatoms. The Balaban J connectivity index is 0.00000109. The lowest BCUT2D eigenvalue weighted by Crippen LogP contribution is -2.36. The average Bonchev–Trinajstić information content (AvgIpc) is 3.91. The zero-order valence-electron chi connectivity index (χ0n) is 36.7. The van der Waals surface area contributed by atoms with Crippen LogP contribution in [0, 0.1) is 11.3 Å². The number of alkyl halides is 2. The van der Waals surface area contributed by atoms with Crippen molar-refractivity contribution in [2.24, 2.45) is 17.1 Å². The number of amides is 1. The molecule has 1 atom stereocenters. The largest absolute Gasteiger partial charge is 0.397 e. The summed E-state index contributed by atoms with van der Waals surface area (Å²) >= 11 is 0. The van der Waals surface area contributed by atoms with Gasteiger partial charge in [0.15, 0.2) is 5.78 Å². The van der Waals surface area contributed by atoms with Crippen LogP contribution in [0.1, 0.15) is 168 Å². The Morgan fingerprint density at radius 3 is 1.98 bits per heavy atom. The summed E-state index contributed by atoms with van der Waals surface area (Å²) in [5, 5.41) is 0. The minimum absolute atomic E-state index is 0.0237. The fraction of sp³-hybridized carbons (Fsp3) is 0.565. The molecule has 0 saturated heterocycles. The Bertz CT molecular complexity index is 1600. The van der Waals surface area contributed by atoms with Crippen molar-refractivity contribution in [2.45, 2.75) is 147 Å². The number of imidazole rings is 1. The van der Waals surface area contributed by atoms with Gasteiger partial charge in [-0.25, -0.2) is 13.8 Å². The molecule has 1 saturated carbocycles. The first kappa shape index (κ1) is 50.9. The average molecular weight is 766 g/mol. The van der Waals surface area contributed by atoms with E-state index in [0.717, 1.165) is 74.0 Å². The number of carbonyl (C=O) groups excluding carboxylic acids is 2. The molecule has 0 aliphatic heterocycles. The predicted octanol–water partition coefficient (Wildman–Crippen LogP) is 12.6. The highest BCUT2D eigenvalue weighted by atomic mass is 19.3. The monoisotopic (exact) mass is 766 g/mol. The first-order valence-electron chi connectivity index (χ1n) is 20.3. The molecule has 7 nitrogen and oxygen atoms in total. The van der Waals surface area contributed by atoms with E-state index in [4.69, 9.17) is 10.7 Å². The molecule has 2 heterocycles. The zero-order valence-corrected chi connectivity index (χ0v) is 36.7. The highest BCUT2D eigenvalue weighted by molar-refractivity contribution is 5.94. The van der Waals surface area contributed by atoms with Crippen LogP contribution in [0.4, 0.5) is 8.78 Å². The molecule has 3 aromatic rings. The molecule has 1 aliphatic rings. The molecule has 0 bridgehead atoms. The first-order chi connectivity index (χ1) is 25.9. The maximum atomic E-state index is 12.8. The second kappa shape index (κ2) is 25.1. The van der Waals surface area contributed by atoms with Gasteiger partial charge in [-0.3, -0.25) is 14.6 Å². The van der Waals surface area contributed by atoms with E-state index in [0.29, 0.717) is 35.6 Å². The fourth-order valence-electron chi connectivity index (χ4n) is 5.52. The molecule has 4 rings (SSSR count). The van der Waals surface area contributed by atoms with E-state index in [-0.39, 0.29) is 23.2 Å². The molecule has 1 fully saturated rings.